The number of benzene rings is 1. The van der Waals surface area contributed by atoms with Crippen LogP contribution < -0.4 is 0 Å². The largest absolute Gasteiger partial charge is 0.334 e. The van der Waals surface area contributed by atoms with Gasteiger partial charge in [-0.05, 0) is 31.0 Å². The van der Waals surface area contributed by atoms with E-state index in [9.17, 15) is 9.18 Å². The molecule has 0 spiro atoms. The third-order valence-corrected chi connectivity index (χ3v) is 3.82. The summed E-state index contributed by atoms with van der Waals surface area (Å²) in [5.74, 6) is -0.355. The molecule has 1 aliphatic rings. The van der Waals surface area contributed by atoms with E-state index in [0.717, 1.165) is 12.8 Å². The first-order valence-corrected chi connectivity index (χ1v) is 6.78. The van der Waals surface area contributed by atoms with Crippen LogP contribution in [0.5, 0.6) is 0 Å². The second kappa shape index (κ2) is 5.36. The Morgan fingerprint density at radius 2 is 2.35 bits per heavy atom. The number of carbonyl (C=O) groups excluding carboxylic acids is 1. The number of carbonyl (C=O) groups is 1. The highest BCUT2D eigenvalue weighted by Crippen LogP contribution is 2.23. The molecule has 1 aromatic rings. The Morgan fingerprint density at radius 3 is 3.06 bits per heavy atom. The van der Waals surface area contributed by atoms with Crippen LogP contribution in [0.25, 0.3) is 0 Å². The molecule has 0 bridgehead atoms. The van der Waals surface area contributed by atoms with Crippen LogP contribution in [-0.2, 0) is 0 Å². The predicted octanol–water partition coefficient (Wildman–Crippen LogP) is 3.43. The fraction of sp³-hybridized carbons (Fsp3) is 0.417. The van der Waals surface area contributed by atoms with Crippen molar-refractivity contribution in [2.75, 3.05) is 12.4 Å². The van der Waals surface area contributed by atoms with Gasteiger partial charge in [-0.3, -0.25) is 4.79 Å². The van der Waals surface area contributed by atoms with Gasteiger partial charge in [0.05, 0.1) is 5.56 Å². The topological polar surface area (TPSA) is 20.3 Å². The number of halogens is 3. The van der Waals surface area contributed by atoms with Gasteiger partial charge in [-0.15, -0.1) is 11.6 Å². The molecule has 0 N–H and O–H groups in total. The van der Waals surface area contributed by atoms with Crippen LogP contribution in [0.3, 0.4) is 0 Å². The molecule has 17 heavy (non-hydrogen) atoms. The van der Waals surface area contributed by atoms with E-state index in [1.54, 1.807) is 11.0 Å². The Hall–Kier alpha value is -0.610. The number of hydrogen-bond acceptors (Lipinski definition) is 1. The molecule has 0 saturated carbocycles. The van der Waals surface area contributed by atoms with Crippen molar-refractivity contribution in [3.8, 4) is 0 Å². The first-order chi connectivity index (χ1) is 8.13. The van der Waals surface area contributed by atoms with Crippen molar-refractivity contribution in [2.45, 2.75) is 18.9 Å². The van der Waals surface area contributed by atoms with E-state index in [1.165, 1.54) is 12.1 Å². The molecule has 5 heteroatoms. The average molecular weight is 321 g/mol. The van der Waals surface area contributed by atoms with Crippen molar-refractivity contribution < 1.29 is 9.18 Å². The van der Waals surface area contributed by atoms with Crippen LogP contribution in [-0.4, -0.2) is 29.3 Å². The minimum Gasteiger partial charge on any atom is -0.334 e. The second-order valence-corrected chi connectivity index (χ2v) is 5.30. The third kappa shape index (κ3) is 2.63. The van der Waals surface area contributed by atoms with Gasteiger partial charge in [0, 0.05) is 22.9 Å². The predicted molar refractivity (Wildman–Crippen MR) is 68.9 cm³/mol. The summed E-state index contributed by atoms with van der Waals surface area (Å²) < 4.78 is 14.3. The van der Waals surface area contributed by atoms with Crippen molar-refractivity contribution in [1.29, 1.82) is 0 Å². The van der Waals surface area contributed by atoms with Crippen LogP contribution >= 0.6 is 27.5 Å². The maximum absolute atomic E-state index is 13.6. The minimum absolute atomic E-state index is 0.0301. The third-order valence-electron chi connectivity index (χ3n) is 2.97. The van der Waals surface area contributed by atoms with Crippen molar-refractivity contribution in [3.63, 3.8) is 0 Å². The second-order valence-electron chi connectivity index (χ2n) is 4.07. The molecule has 1 aliphatic heterocycles. The molecule has 1 amide bonds. The quantitative estimate of drug-likeness (QED) is 0.765. The normalized spacial score (nSPS) is 19.7. The maximum atomic E-state index is 13.6. The Kier molecular flexibility index (Phi) is 4.05. The van der Waals surface area contributed by atoms with Crippen molar-refractivity contribution >= 4 is 33.4 Å². The molecule has 1 heterocycles. The molecular weight excluding hydrogens is 308 g/mol. The molecule has 1 unspecified atom stereocenters. The molecule has 0 aliphatic carbocycles. The lowest BCUT2D eigenvalue weighted by Crippen LogP contribution is -2.37. The highest BCUT2D eigenvalue weighted by Gasteiger charge is 2.30. The summed E-state index contributed by atoms with van der Waals surface area (Å²) in [5.41, 5.74) is 0.108. The number of nitrogens with zero attached hydrogens (tertiary/aromatic N) is 1. The number of alkyl halides is 1. The van der Waals surface area contributed by atoms with Crippen LogP contribution in [0.4, 0.5) is 4.39 Å². The molecule has 1 fully saturated rings. The van der Waals surface area contributed by atoms with Crippen molar-refractivity contribution in [1.82, 2.24) is 4.90 Å². The SMILES string of the molecule is O=C(c1cc(Br)ccc1F)N1CCCC1CCl. The fourth-order valence-electron chi connectivity index (χ4n) is 2.08. The summed E-state index contributed by atoms with van der Waals surface area (Å²) in [6.07, 6.45) is 1.82. The van der Waals surface area contributed by atoms with E-state index in [4.69, 9.17) is 11.6 Å². The Balaban J connectivity index is 2.27. The summed E-state index contributed by atoms with van der Waals surface area (Å²) in [5, 5.41) is 0. The molecule has 0 radical (unpaired) electrons. The lowest BCUT2D eigenvalue weighted by atomic mass is 10.1. The summed E-state index contributed by atoms with van der Waals surface area (Å²) in [6, 6.07) is 4.42. The Labute approximate surface area is 113 Å². The van der Waals surface area contributed by atoms with E-state index in [-0.39, 0.29) is 17.5 Å². The zero-order chi connectivity index (χ0) is 12.4. The van der Waals surface area contributed by atoms with E-state index in [1.807, 2.05) is 0 Å². The number of rotatable bonds is 2. The first kappa shape index (κ1) is 12.8. The smallest absolute Gasteiger partial charge is 0.257 e. The van der Waals surface area contributed by atoms with Crippen LogP contribution in [0.2, 0.25) is 0 Å². The highest BCUT2D eigenvalue weighted by molar-refractivity contribution is 9.10. The lowest BCUT2D eigenvalue weighted by molar-refractivity contribution is 0.0744. The standard InChI is InChI=1S/C12H12BrClFNO/c13-8-3-4-11(15)10(6-8)12(17)16-5-1-2-9(16)7-14/h3-4,6,9H,1-2,5,7H2. The van der Waals surface area contributed by atoms with Crippen molar-refractivity contribution in [2.24, 2.45) is 0 Å². The summed E-state index contributed by atoms with van der Waals surface area (Å²) in [6.45, 7) is 0.655. The highest BCUT2D eigenvalue weighted by atomic mass is 79.9. The lowest BCUT2D eigenvalue weighted by Gasteiger charge is -2.23. The van der Waals surface area contributed by atoms with E-state index >= 15 is 0 Å². The van der Waals surface area contributed by atoms with E-state index in [2.05, 4.69) is 15.9 Å². The molecule has 2 rings (SSSR count). The summed E-state index contributed by atoms with van der Waals surface area (Å²) in [7, 11) is 0. The Morgan fingerprint density at radius 1 is 1.59 bits per heavy atom. The van der Waals surface area contributed by atoms with Crippen LogP contribution in [0.1, 0.15) is 23.2 Å². The summed E-state index contributed by atoms with van der Waals surface area (Å²) >= 11 is 9.05. The minimum atomic E-state index is -0.488. The van der Waals surface area contributed by atoms with Gasteiger partial charge in [-0.1, -0.05) is 15.9 Å². The van der Waals surface area contributed by atoms with Gasteiger partial charge in [-0.2, -0.15) is 0 Å². The molecule has 1 aromatic carbocycles. The summed E-state index contributed by atoms with van der Waals surface area (Å²) in [4.78, 5) is 13.9. The fourth-order valence-corrected chi connectivity index (χ4v) is 2.76. The van der Waals surface area contributed by atoms with Gasteiger partial charge in [0.25, 0.3) is 5.91 Å². The van der Waals surface area contributed by atoms with Gasteiger partial charge >= 0.3 is 0 Å². The zero-order valence-electron chi connectivity index (χ0n) is 9.13. The van der Waals surface area contributed by atoms with Gasteiger partial charge in [0.1, 0.15) is 5.82 Å². The average Bonchev–Trinajstić information content (AvgIpc) is 2.79. The number of amides is 1. The van der Waals surface area contributed by atoms with Crippen molar-refractivity contribution in [3.05, 3.63) is 34.1 Å². The molecule has 2 nitrogen and oxygen atoms in total. The van der Waals surface area contributed by atoms with Gasteiger partial charge < -0.3 is 4.90 Å². The Bertz CT molecular complexity index is 441. The number of likely N-dealkylation sites (tertiary alicyclic amines) is 1. The van der Waals surface area contributed by atoms with Crippen LogP contribution in [0, 0.1) is 5.82 Å². The van der Waals surface area contributed by atoms with E-state index < -0.39 is 5.82 Å². The van der Waals surface area contributed by atoms with Gasteiger partial charge in [-0.25, -0.2) is 4.39 Å². The maximum Gasteiger partial charge on any atom is 0.257 e. The molecule has 0 aromatic heterocycles. The van der Waals surface area contributed by atoms with Gasteiger partial charge in [0.2, 0.25) is 0 Å². The van der Waals surface area contributed by atoms with Gasteiger partial charge in [0.15, 0.2) is 0 Å². The molecule has 1 saturated heterocycles. The molecule has 1 atom stereocenters. The number of hydrogen-bond donors (Lipinski definition) is 0. The van der Waals surface area contributed by atoms with Crippen LogP contribution in [0.15, 0.2) is 22.7 Å². The van der Waals surface area contributed by atoms with E-state index in [0.29, 0.717) is 16.9 Å². The molecular formula is C12H12BrClFNO. The molecule has 92 valence electrons. The first-order valence-electron chi connectivity index (χ1n) is 5.45. The monoisotopic (exact) mass is 319 g/mol. The zero-order valence-corrected chi connectivity index (χ0v) is 11.5.